The third-order valence-electron chi connectivity index (χ3n) is 4.40. The van der Waals surface area contributed by atoms with Crippen LogP contribution in [-0.4, -0.2) is 28.5 Å². The van der Waals surface area contributed by atoms with Crippen molar-refractivity contribution >= 4 is 29.1 Å². The largest absolute Gasteiger partial charge is 0.496 e. The average Bonchev–Trinajstić information content (AvgIpc) is 3.17. The van der Waals surface area contributed by atoms with Gasteiger partial charge >= 0.3 is 11.8 Å². The fourth-order valence-corrected chi connectivity index (χ4v) is 3.13. The molecule has 0 saturated carbocycles. The number of carbonyl (C=O) groups excluding carboxylic acids is 2. The third-order valence-corrected chi connectivity index (χ3v) is 4.71. The van der Waals surface area contributed by atoms with Crippen LogP contribution < -0.4 is 15.4 Å². The van der Waals surface area contributed by atoms with Gasteiger partial charge in [0.15, 0.2) is 0 Å². The molecule has 2 aromatic carbocycles. The molecule has 0 unspecified atom stereocenters. The molecule has 0 radical (unpaired) electrons. The van der Waals surface area contributed by atoms with Crippen molar-refractivity contribution in [2.45, 2.75) is 6.04 Å². The molecule has 0 spiro atoms. The number of benzene rings is 2. The van der Waals surface area contributed by atoms with Crippen molar-refractivity contribution in [1.29, 1.82) is 5.26 Å². The molecule has 3 aromatic rings. The Kier molecular flexibility index (Phi) is 6.35. The molecular formula is C21H18ClN5O3. The van der Waals surface area contributed by atoms with Crippen LogP contribution in [0.15, 0.2) is 54.9 Å². The Morgan fingerprint density at radius 3 is 2.63 bits per heavy atom. The van der Waals surface area contributed by atoms with Crippen LogP contribution in [0.4, 0.5) is 5.69 Å². The first kappa shape index (κ1) is 20.9. The lowest BCUT2D eigenvalue weighted by Crippen LogP contribution is -2.39. The Hall–Kier alpha value is -3.83. The number of nitrogens with one attached hydrogen (secondary N) is 2. The number of methoxy groups -OCH3 is 1. The highest BCUT2D eigenvalue weighted by atomic mass is 35.5. The lowest BCUT2D eigenvalue weighted by molar-refractivity contribution is -0.136. The summed E-state index contributed by atoms with van der Waals surface area (Å²) in [6, 6.07) is 12.7. The van der Waals surface area contributed by atoms with Crippen molar-refractivity contribution in [1.82, 2.24) is 14.9 Å². The summed E-state index contributed by atoms with van der Waals surface area (Å²) < 4.78 is 7.15. The van der Waals surface area contributed by atoms with Crippen LogP contribution in [0.25, 0.3) is 0 Å². The second-order valence-corrected chi connectivity index (χ2v) is 6.71. The van der Waals surface area contributed by atoms with Crippen molar-refractivity contribution in [3.8, 4) is 11.8 Å². The molecule has 30 heavy (non-hydrogen) atoms. The highest BCUT2D eigenvalue weighted by Gasteiger charge is 2.26. The number of hydrogen-bond donors (Lipinski definition) is 2. The van der Waals surface area contributed by atoms with Crippen LogP contribution in [0, 0.1) is 11.3 Å². The van der Waals surface area contributed by atoms with Crippen LogP contribution in [0.2, 0.25) is 5.02 Å². The minimum atomic E-state index is -0.884. The molecule has 3 rings (SSSR count). The molecule has 8 nitrogen and oxygen atoms in total. The van der Waals surface area contributed by atoms with Gasteiger partial charge in [0, 0.05) is 30.7 Å². The summed E-state index contributed by atoms with van der Waals surface area (Å²) in [4.78, 5) is 29.4. The van der Waals surface area contributed by atoms with Crippen molar-refractivity contribution in [2.75, 3.05) is 12.4 Å². The predicted molar refractivity (Wildman–Crippen MR) is 111 cm³/mol. The molecule has 1 aromatic heterocycles. The number of anilines is 1. The van der Waals surface area contributed by atoms with Crippen LogP contribution in [0.1, 0.15) is 23.0 Å². The Bertz CT molecular complexity index is 1140. The van der Waals surface area contributed by atoms with E-state index in [4.69, 9.17) is 21.6 Å². The topological polar surface area (TPSA) is 109 Å². The molecule has 0 aliphatic heterocycles. The molecule has 1 atom stereocenters. The van der Waals surface area contributed by atoms with Gasteiger partial charge in [-0.05, 0) is 24.3 Å². The van der Waals surface area contributed by atoms with Gasteiger partial charge in [-0.3, -0.25) is 9.59 Å². The predicted octanol–water partition coefficient (Wildman–Crippen LogP) is 2.80. The number of aryl methyl sites for hydroxylation is 1. The molecule has 9 heteroatoms. The summed E-state index contributed by atoms with van der Waals surface area (Å²) in [5.74, 6) is -0.675. The van der Waals surface area contributed by atoms with E-state index in [9.17, 15) is 9.59 Å². The highest BCUT2D eigenvalue weighted by molar-refractivity contribution is 6.40. The maximum atomic E-state index is 12.7. The molecule has 0 fully saturated rings. The minimum absolute atomic E-state index is 0.176. The molecule has 0 saturated heterocycles. The number of para-hydroxylation sites is 1. The number of rotatable bonds is 5. The van der Waals surface area contributed by atoms with Crippen molar-refractivity contribution in [3.63, 3.8) is 0 Å². The molecule has 1 heterocycles. The van der Waals surface area contributed by atoms with Gasteiger partial charge in [-0.2, -0.15) is 5.26 Å². The third kappa shape index (κ3) is 4.42. The zero-order valence-corrected chi connectivity index (χ0v) is 17.0. The second-order valence-electron chi connectivity index (χ2n) is 6.31. The summed E-state index contributed by atoms with van der Waals surface area (Å²) in [7, 11) is 3.31. The van der Waals surface area contributed by atoms with Gasteiger partial charge in [0.1, 0.15) is 23.7 Å². The lowest BCUT2D eigenvalue weighted by atomic mass is 10.0. The van der Waals surface area contributed by atoms with E-state index in [0.717, 1.165) is 0 Å². The first-order chi connectivity index (χ1) is 14.4. The Labute approximate surface area is 178 Å². The van der Waals surface area contributed by atoms with E-state index in [1.54, 1.807) is 48.3 Å². The molecule has 0 bridgehead atoms. The van der Waals surface area contributed by atoms with Gasteiger partial charge in [-0.15, -0.1) is 0 Å². The maximum absolute atomic E-state index is 12.7. The highest BCUT2D eigenvalue weighted by Crippen LogP contribution is 2.29. The van der Waals surface area contributed by atoms with Crippen LogP contribution in [0.3, 0.4) is 0 Å². The van der Waals surface area contributed by atoms with E-state index in [0.29, 0.717) is 22.8 Å². The van der Waals surface area contributed by atoms with Crippen molar-refractivity contribution in [3.05, 3.63) is 76.8 Å². The number of hydrogen-bond acceptors (Lipinski definition) is 5. The number of halogens is 1. The Morgan fingerprint density at radius 1 is 1.23 bits per heavy atom. The molecule has 0 aliphatic rings. The van der Waals surface area contributed by atoms with Gasteiger partial charge in [-0.25, -0.2) is 4.98 Å². The zero-order valence-electron chi connectivity index (χ0n) is 16.2. The summed E-state index contributed by atoms with van der Waals surface area (Å²) in [6.07, 6.45) is 3.34. The number of carbonyl (C=O) groups is 2. The van der Waals surface area contributed by atoms with E-state index in [1.165, 1.54) is 25.3 Å². The molecular weight excluding hydrogens is 406 g/mol. The summed E-state index contributed by atoms with van der Waals surface area (Å²) in [5, 5.41) is 14.3. The van der Waals surface area contributed by atoms with Gasteiger partial charge in [0.2, 0.25) is 0 Å². The molecule has 0 aliphatic carbocycles. The SMILES string of the molecule is COc1ccccc1[C@H](NC(=O)C(=O)Nc1ccc(C#N)c(Cl)c1)c1nccn1C. The maximum Gasteiger partial charge on any atom is 0.313 e. The van der Waals surface area contributed by atoms with E-state index < -0.39 is 17.9 Å². The summed E-state index contributed by atoms with van der Waals surface area (Å²) in [6.45, 7) is 0. The zero-order chi connectivity index (χ0) is 21.7. The second kappa shape index (κ2) is 9.11. The summed E-state index contributed by atoms with van der Waals surface area (Å²) >= 11 is 5.98. The van der Waals surface area contributed by atoms with E-state index >= 15 is 0 Å². The lowest BCUT2D eigenvalue weighted by Gasteiger charge is -2.21. The number of nitriles is 1. The van der Waals surface area contributed by atoms with E-state index in [1.807, 2.05) is 6.07 Å². The van der Waals surface area contributed by atoms with Gasteiger partial charge < -0.3 is 19.9 Å². The quantitative estimate of drug-likeness (QED) is 0.613. The standard InChI is InChI=1S/C21H18ClN5O3/c1-27-10-9-24-19(27)18(15-5-3-4-6-17(15)30-2)26-21(29)20(28)25-14-8-7-13(12-23)16(22)11-14/h3-11,18H,1-2H3,(H,25,28)(H,26,29)/t18-/m0/s1. The molecule has 2 N–H and O–H groups in total. The molecule has 152 valence electrons. The first-order valence-electron chi connectivity index (χ1n) is 8.86. The number of amides is 2. The van der Waals surface area contributed by atoms with Gasteiger partial charge in [0.05, 0.1) is 17.7 Å². The average molecular weight is 424 g/mol. The van der Waals surface area contributed by atoms with Crippen LogP contribution >= 0.6 is 11.6 Å². The fourth-order valence-electron chi connectivity index (χ4n) is 2.91. The van der Waals surface area contributed by atoms with Crippen LogP contribution in [0.5, 0.6) is 5.75 Å². The first-order valence-corrected chi connectivity index (χ1v) is 9.24. The number of imidazole rings is 1. The smallest absolute Gasteiger partial charge is 0.313 e. The van der Waals surface area contributed by atoms with Crippen molar-refractivity contribution < 1.29 is 14.3 Å². The van der Waals surface area contributed by atoms with Crippen LogP contribution in [-0.2, 0) is 16.6 Å². The number of nitrogens with zero attached hydrogens (tertiary/aromatic N) is 3. The number of ether oxygens (including phenoxy) is 1. The van der Waals surface area contributed by atoms with Crippen molar-refractivity contribution in [2.24, 2.45) is 7.05 Å². The fraction of sp³-hybridized carbons (Fsp3) is 0.143. The van der Waals surface area contributed by atoms with Gasteiger partial charge in [0.25, 0.3) is 0 Å². The van der Waals surface area contributed by atoms with E-state index in [2.05, 4.69) is 15.6 Å². The Balaban J connectivity index is 1.85. The summed E-state index contributed by atoms with van der Waals surface area (Å²) in [5.41, 5.74) is 1.21. The molecule has 2 amide bonds. The Morgan fingerprint density at radius 2 is 2.00 bits per heavy atom. The monoisotopic (exact) mass is 423 g/mol. The normalized spacial score (nSPS) is 11.3. The van der Waals surface area contributed by atoms with Gasteiger partial charge in [-0.1, -0.05) is 29.8 Å². The minimum Gasteiger partial charge on any atom is -0.496 e. The number of aromatic nitrogens is 2. The van der Waals surface area contributed by atoms with E-state index in [-0.39, 0.29) is 10.6 Å².